The summed E-state index contributed by atoms with van der Waals surface area (Å²) in [5, 5.41) is 8.28. The summed E-state index contributed by atoms with van der Waals surface area (Å²) < 4.78 is 16.0. The van der Waals surface area contributed by atoms with Crippen LogP contribution in [0.5, 0.6) is 17.2 Å². The van der Waals surface area contributed by atoms with Crippen molar-refractivity contribution >= 4 is 41.5 Å². The van der Waals surface area contributed by atoms with Gasteiger partial charge in [0.1, 0.15) is 17.5 Å². The molecule has 1 atom stereocenters. The molecule has 1 saturated heterocycles. The number of amides is 3. The number of fused-ring (bicyclic) bond motifs is 1. The summed E-state index contributed by atoms with van der Waals surface area (Å²) in [4.78, 5) is 52.5. The second kappa shape index (κ2) is 16.2. The van der Waals surface area contributed by atoms with Crippen molar-refractivity contribution in [2.24, 2.45) is 0 Å². The van der Waals surface area contributed by atoms with Crippen LogP contribution in [0.2, 0.25) is 0 Å². The number of anilines is 1. The van der Waals surface area contributed by atoms with Gasteiger partial charge in [-0.15, -0.1) is 0 Å². The van der Waals surface area contributed by atoms with Gasteiger partial charge in [0.25, 0.3) is 17.7 Å². The van der Waals surface area contributed by atoms with Gasteiger partial charge in [0, 0.05) is 37.8 Å². The molecule has 0 aliphatic carbocycles. The number of esters is 1. The standard InChI is InChI=1S/C41H40N4O7/c1-26(46)52-34-9-5-6-28(21-34)12-15-35-40(48)44-36(41(49)43-35)22-29-7-4-8-31(20-29)39(47)42-33-13-10-27(11-14-33)16-18-45-19-17-30-23-37(50-2)38(51-3)24-32(30)25-45/h4-15,20-24,35H,16-19,25H2,1-3H3,(H,42,47)(H,43,49)(H,44,48). The topological polar surface area (TPSA) is 135 Å². The maximum atomic E-state index is 13.1. The van der Waals surface area contributed by atoms with Crippen LogP contribution in [0.4, 0.5) is 5.69 Å². The van der Waals surface area contributed by atoms with Crippen molar-refractivity contribution < 1.29 is 33.4 Å². The molecule has 2 aliphatic heterocycles. The van der Waals surface area contributed by atoms with Crippen molar-refractivity contribution in [1.29, 1.82) is 0 Å². The molecule has 3 amide bonds. The number of carbonyl (C=O) groups is 4. The van der Waals surface area contributed by atoms with Crippen molar-refractivity contribution in [2.75, 3.05) is 32.6 Å². The molecule has 11 nitrogen and oxygen atoms in total. The summed E-state index contributed by atoms with van der Waals surface area (Å²) in [6.45, 7) is 4.04. The van der Waals surface area contributed by atoms with Crippen LogP contribution < -0.4 is 30.2 Å². The Bertz CT molecular complexity index is 2050. The van der Waals surface area contributed by atoms with E-state index in [1.165, 1.54) is 29.7 Å². The van der Waals surface area contributed by atoms with Crippen LogP contribution in [-0.4, -0.2) is 61.9 Å². The van der Waals surface area contributed by atoms with Gasteiger partial charge in [0.15, 0.2) is 11.5 Å². The highest BCUT2D eigenvalue weighted by Gasteiger charge is 2.28. The number of carbonyl (C=O) groups excluding carboxylic acids is 4. The molecule has 1 fully saturated rings. The van der Waals surface area contributed by atoms with Crippen LogP contribution in [0.1, 0.15) is 45.1 Å². The number of rotatable bonds is 11. The van der Waals surface area contributed by atoms with Crippen molar-refractivity contribution in [1.82, 2.24) is 15.5 Å². The van der Waals surface area contributed by atoms with Gasteiger partial charge in [0.2, 0.25) is 0 Å². The van der Waals surface area contributed by atoms with Crippen molar-refractivity contribution in [3.05, 3.63) is 130 Å². The minimum absolute atomic E-state index is 0.0633. The molecule has 0 saturated carbocycles. The highest BCUT2D eigenvalue weighted by atomic mass is 16.5. The van der Waals surface area contributed by atoms with Gasteiger partial charge in [-0.25, -0.2) is 0 Å². The maximum absolute atomic E-state index is 13.1. The van der Waals surface area contributed by atoms with E-state index in [9.17, 15) is 19.2 Å². The highest BCUT2D eigenvalue weighted by Crippen LogP contribution is 2.33. The van der Waals surface area contributed by atoms with E-state index in [1.807, 2.05) is 24.3 Å². The minimum Gasteiger partial charge on any atom is -0.493 e. The number of benzene rings is 4. The molecular weight excluding hydrogens is 660 g/mol. The van der Waals surface area contributed by atoms with Crippen molar-refractivity contribution in [3.8, 4) is 17.2 Å². The highest BCUT2D eigenvalue weighted by molar-refractivity contribution is 6.08. The zero-order valence-corrected chi connectivity index (χ0v) is 29.2. The van der Waals surface area contributed by atoms with E-state index >= 15 is 0 Å². The molecule has 4 aromatic rings. The fourth-order valence-electron chi connectivity index (χ4n) is 6.16. The van der Waals surface area contributed by atoms with Crippen LogP contribution in [0.3, 0.4) is 0 Å². The number of methoxy groups -OCH3 is 2. The second-order valence-corrected chi connectivity index (χ2v) is 12.6. The van der Waals surface area contributed by atoms with Crippen LogP contribution in [0.25, 0.3) is 12.2 Å². The molecule has 2 aliphatic rings. The number of nitrogens with one attached hydrogen (secondary N) is 3. The predicted octanol–water partition coefficient (Wildman–Crippen LogP) is 5.15. The average Bonchev–Trinajstić information content (AvgIpc) is 3.14. The van der Waals surface area contributed by atoms with E-state index in [0.717, 1.165) is 44.0 Å². The third-order valence-electron chi connectivity index (χ3n) is 8.86. The minimum atomic E-state index is -0.900. The monoisotopic (exact) mass is 700 g/mol. The Kier molecular flexibility index (Phi) is 11.1. The molecule has 0 aromatic heterocycles. The van der Waals surface area contributed by atoms with Gasteiger partial charge >= 0.3 is 5.97 Å². The number of hydrogen-bond donors (Lipinski definition) is 3. The van der Waals surface area contributed by atoms with Gasteiger partial charge < -0.3 is 30.2 Å². The number of nitrogens with zero attached hydrogens (tertiary/aromatic N) is 1. The lowest BCUT2D eigenvalue weighted by molar-refractivity contribution is -0.131. The van der Waals surface area contributed by atoms with Crippen LogP contribution in [0, 0.1) is 0 Å². The summed E-state index contributed by atoms with van der Waals surface area (Å²) >= 11 is 0. The first-order valence-electron chi connectivity index (χ1n) is 16.9. The first-order chi connectivity index (χ1) is 25.2. The molecule has 0 radical (unpaired) electrons. The smallest absolute Gasteiger partial charge is 0.308 e. The predicted molar refractivity (Wildman–Crippen MR) is 198 cm³/mol. The Morgan fingerprint density at radius 2 is 1.63 bits per heavy atom. The van der Waals surface area contributed by atoms with Gasteiger partial charge in [-0.1, -0.05) is 48.6 Å². The Morgan fingerprint density at radius 3 is 2.38 bits per heavy atom. The first kappa shape index (κ1) is 35.6. The van der Waals surface area contributed by atoms with E-state index < -0.39 is 23.8 Å². The van der Waals surface area contributed by atoms with Gasteiger partial charge in [-0.2, -0.15) is 0 Å². The summed E-state index contributed by atoms with van der Waals surface area (Å²) in [6.07, 6.45) is 6.57. The molecule has 266 valence electrons. The van der Waals surface area contributed by atoms with E-state index in [0.29, 0.717) is 28.1 Å². The normalized spacial score (nSPS) is 16.5. The molecular formula is C41H40N4O7. The third-order valence-corrected chi connectivity index (χ3v) is 8.86. The molecule has 52 heavy (non-hydrogen) atoms. The molecule has 1 unspecified atom stereocenters. The SMILES string of the molecule is COc1cc2c(cc1OC)CN(CCc1ccc(NC(=O)c3cccc(C=C4NC(=O)C(C=Cc5cccc(OC(C)=O)c5)NC4=O)c3)cc1)CC2. The van der Waals surface area contributed by atoms with Crippen molar-refractivity contribution in [2.45, 2.75) is 32.4 Å². The summed E-state index contributed by atoms with van der Waals surface area (Å²) in [5.41, 5.74) is 6.12. The van der Waals surface area contributed by atoms with Gasteiger partial charge in [-0.05, 0) is 95.3 Å². The van der Waals surface area contributed by atoms with Crippen LogP contribution in [0.15, 0.2) is 96.7 Å². The molecule has 0 spiro atoms. The lowest BCUT2D eigenvalue weighted by Gasteiger charge is -2.29. The average molecular weight is 701 g/mol. The molecule has 4 aromatic carbocycles. The first-order valence-corrected chi connectivity index (χ1v) is 16.9. The van der Waals surface area contributed by atoms with Gasteiger partial charge in [0.05, 0.1) is 14.2 Å². The zero-order chi connectivity index (χ0) is 36.6. The Balaban J connectivity index is 1.01. The van der Waals surface area contributed by atoms with Crippen LogP contribution in [-0.2, 0) is 33.8 Å². The Labute approximate surface area is 302 Å². The summed E-state index contributed by atoms with van der Waals surface area (Å²) in [7, 11) is 3.31. The lowest BCUT2D eigenvalue weighted by Crippen LogP contribution is -2.53. The molecule has 11 heteroatoms. The molecule has 2 heterocycles. The quantitative estimate of drug-likeness (QED) is 0.111. The van der Waals surface area contributed by atoms with Gasteiger partial charge in [-0.3, -0.25) is 24.1 Å². The third kappa shape index (κ3) is 8.93. The second-order valence-electron chi connectivity index (χ2n) is 12.6. The lowest BCUT2D eigenvalue weighted by atomic mass is 9.98. The van der Waals surface area contributed by atoms with Crippen LogP contribution >= 0.6 is 0 Å². The molecule has 0 bridgehead atoms. The molecule has 6 rings (SSSR count). The Morgan fingerprint density at radius 1 is 0.904 bits per heavy atom. The van der Waals surface area contributed by atoms with Crippen molar-refractivity contribution in [3.63, 3.8) is 0 Å². The van der Waals surface area contributed by atoms with E-state index in [1.54, 1.807) is 74.9 Å². The van der Waals surface area contributed by atoms with E-state index in [4.69, 9.17) is 14.2 Å². The number of hydrogen-bond acceptors (Lipinski definition) is 8. The maximum Gasteiger partial charge on any atom is 0.308 e. The zero-order valence-electron chi connectivity index (χ0n) is 29.2. The summed E-state index contributed by atoms with van der Waals surface area (Å²) in [6, 6.07) is 24.7. The number of ether oxygens (including phenoxy) is 3. The molecule has 3 N–H and O–H groups in total. The fourth-order valence-corrected chi connectivity index (χ4v) is 6.16. The van der Waals surface area contributed by atoms with E-state index in [-0.39, 0.29) is 11.6 Å². The largest absolute Gasteiger partial charge is 0.493 e. The number of piperazine rings is 1. The van der Waals surface area contributed by atoms with E-state index in [2.05, 4.69) is 33.0 Å². The summed E-state index contributed by atoms with van der Waals surface area (Å²) in [5.74, 6) is 0.262. The fraction of sp³-hybridized carbons (Fsp3) is 0.220. The Hall–Kier alpha value is -6.20.